The van der Waals surface area contributed by atoms with Crippen LogP contribution >= 0.6 is 11.3 Å². The van der Waals surface area contributed by atoms with Gasteiger partial charge in [-0.25, -0.2) is 4.98 Å². The average Bonchev–Trinajstić information content (AvgIpc) is 3.27. The topological polar surface area (TPSA) is 53.9 Å². The van der Waals surface area contributed by atoms with Gasteiger partial charge in [-0.2, -0.15) is 0 Å². The van der Waals surface area contributed by atoms with Crippen LogP contribution < -0.4 is 5.32 Å². The second-order valence-electron chi connectivity index (χ2n) is 7.27. The number of nitrogens with one attached hydrogen (secondary N) is 1. The van der Waals surface area contributed by atoms with Crippen molar-refractivity contribution in [2.45, 2.75) is 12.8 Å². The summed E-state index contributed by atoms with van der Waals surface area (Å²) >= 11 is 1.60. The Labute approximate surface area is 181 Å². The van der Waals surface area contributed by atoms with Gasteiger partial charge in [-0.3, -0.25) is 9.97 Å². The molecule has 0 saturated carbocycles. The second kappa shape index (κ2) is 10.1. The number of benzene rings is 1. The van der Waals surface area contributed by atoms with E-state index in [0.29, 0.717) is 0 Å². The standard InChI is InChI=1S/C24H25N5S/c1-29(15-11-20-4-2-12-25-16-20)14-10-19-6-8-22(9-7-19)27-24-28-23(18-30-24)21-5-3-13-26-17-21/h2-9,12-13,16-18H,10-11,14-15H2,1H3,(H,27,28). The first kappa shape index (κ1) is 20.2. The highest BCUT2D eigenvalue weighted by molar-refractivity contribution is 7.14. The molecular formula is C24H25N5S. The molecule has 152 valence electrons. The first-order valence-electron chi connectivity index (χ1n) is 10.1. The Morgan fingerprint density at radius 2 is 1.60 bits per heavy atom. The van der Waals surface area contributed by atoms with Crippen LogP contribution in [-0.2, 0) is 12.8 Å². The maximum absolute atomic E-state index is 4.66. The molecule has 0 saturated heterocycles. The predicted molar refractivity (Wildman–Crippen MR) is 124 cm³/mol. The van der Waals surface area contributed by atoms with E-state index >= 15 is 0 Å². The fraction of sp³-hybridized carbons (Fsp3) is 0.208. The number of rotatable bonds is 9. The molecule has 4 aromatic rings. The minimum absolute atomic E-state index is 0.886. The SMILES string of the molecule is CN(CCc1ccc(Nc2nc(-c3cccnc3)cs2)cc1)CCc1cccnc1. The number of likely N-dealkylation sites (N-methyl/N-ethyl adjacent to an activating group) is 1. The van der Waals surface area contributed by atoms with Crippen LogP contribution in [0.5, 0.6) is 0 Å². The molecule has 3 aromatic heterocycles. The van der Waals surface area contributed by atoms with E-state index in [0.717, 1.165) is 48.0 Å². The number of nitrogens with zero attached hydrogens (tertiary/aromatic N) is 4. The van der Waals surface area contributed by atoms with Crippen LogP contribution in [0.2, 0.25) is 0 Å². The minimum Gasteiger partial charge on any atom is -0.332 e. The van der Waals surface area contributed by atoms with Crippen LogP contribution in [0.1, 0.15) is 11.1 Å². The van der Waals surface area contributed by atoms with Gasteiger partial charge < -0.3 is 10.2 Å². The normalized spacial score (nSPS) is 11.0. The number of pyridine rings is 2. The van der Waals surface area contributed by atoms with E-state index in [1.54, 1.807) is 17.5 Å². The van der Waals surface area contributed by atoms with E-state index in [-0.39, 0.29) is 0 Å². The quantitative estimate of drug-likeness (QED) is 0.414. The summed E-state index contributed by atoms with van der Waals surface area (Å²) in [5.41, 5.74) is 5.65. The number of aromatic nitrogens is 3. The van der Waals surface area contributed by atoms with Crippen molar-refractivity contribution >= 4 is 22.2 Å². The smallest absolute Gasteiger partial charge is 0.187 e. The van der Waals surface area contributed by atoms with Gasteiger partial charge in [-0.15, -0.1) is 11.3 Å². The molecule has 0 atom stereocenters. The zero-order chi connectivity index (χ0) is 20.6. The van der Waals surface area contributed by atoms with Crippen LogP contribution in [0.3, 0.4) is 0 Å². The average molecular weight is 416 g/mol. The van der Waals surface area contributed by atoms with Crippen molar-refractivity contribution in [2.75, 3.05) is 25.5 Å². The van der Waals surface area contributed by atoms with Gasteiger partial charge in [0.05, 0.1) is 5.69 Å². The lowest BCUT2D eigenvalue weighted by Crippen LogP contribution is -2.23. The molecule has 4 rings (SSSR count). The minimum atomic E-state index is 0.886. The molecule has 0 aliphatic rings. The first-order chi connectivity index (χ1) is 14.8. The highest BCUT2D eigenvalue weighted by Gasteiger charge is 2.05. The molecule has 1 N–H and O–H groups in total. The molecule has 0 amide bonds. The summed E-state index contributed by atoms with van der Waals surface area (Å²) in [6.07, 6.45) is 9.44. The Kier molecular flexibility index (Phi) is 6.79. The van der Waals surface area contributed by atoms with Crippen LogP contribution in [0.4, 0.5) is 10.8 Å². The van der Waals surface area contributed by atoms with Crippen molar-refractivity contribution in [3.05, 3.63) is 89.8 Å². The second-order valence-corrected chi connectivity index (χ2v) is 8.12. The highest BCUT2D eigenvalue weighted by Crippen LogP contribution is 2.26. The van der Waals surface area contributed by atoms with E-state index in [9.17, 15) is 0 Å². The molecule has 30 heavy (non-hydrogen) atoms. The fourth-order valence-corrected chi connectivity index (χ4v) is 3.89. The molecule has 1 aromatic carbocycles. The fourth-order valence-electron chi connectivity index (χ4n) is 3.15. The third-order valence-electron chi connectivity index (χ3n) is 4.95. The molecule has 3 heterocycles. The third-order valence-corrected chi connectivity index (χ3v) is 5.71. The number of hydrogen-bond acceptors (Lipinski definition) is 6. The van der Waals surface area contributed by atoms with Crippen LogP contribution in [0.25, 0.3) is 11.3 Å². The monoisotopic (exact) mass is 415 g/mol. The molecular weight excluding hydrogens is 390 g/mol. The highest BCUT2D eigenvalue weighted by atomic mass is 32.1. The zero-order valence-electron chi connectivity index (χ0n) is 17.0. The maximum atomic E-state index is 4.66. The summed E-state index contributed by atoms with van der Waals surface area (Å²) in [5, 5.41) is 6.33. The summed E-state index contributed by atoms with van der Waals surface area (Å²) in [4.78, 5) is 15.4. The molecule has 0 unspecified atom stereocenters. The van der Waals surface area contributed by atoms with Crippen molar-refractivity contribution in [3.8, 4) is 11.3 Å². The van der Waals surface area contributed by atoms with Crippen molar-refractivity contribution in [2.24, 2.45) is 0 Å². The molecule has 0 radical (unpaired) electrons. The van der Waals surface area contributed by atoms with Crippen molar-refractivity contribution in [1.82, 2.24) is 19.9 Å². The van der Waals surface area contributed by atoms with Gasteiger partial charge in [0.25, 0.3) is 0 Å². The van der Waals surface area contributed by atoms with Gasteiger partial charge in [-0.1, -0.05) is 18.2 Å². The number of thiazole rings is 1. The number of hydrogen-bond donors (Lipinski definition) is 1. The summed E-state index contributed by atoms with van der Waals surface area (Å²) in [6.45, 7) is 2.07. The predicted octanol–water partition coefficient (Wildman–Crippen LogP) is 5.06. The zero-order valence-corrected chi connectivity index (χ0v) is 17.8. The molecule has 0 aliphatic heterocycles. The molecule has 6 heteroatoms. The van der Waals surface area contributed by atoms with E-state index in [2.05, 4.69) is 67.9 Å². The lowest BCUT2D eigenvalue weighted by Gasteiger charge is -2.16. The Morgan fingerprint density at radius 3 is 2.30 bits per heavy atom. The maximum Gasteiger partial charge on any atom is 0.187 e. The van der Waals surface area contributed by atoms with Crippen molar-refractivity contribution in [1.29, 1.82) is 0 Å². The van der Waals surface area contributed by atoms with Crippen LogP contribution in [0, 0.1) is 0 Å². The van der Waals surface area contributed by atoms with Gasteiger partial charge in [0, 0.05) is 54.5 Å². The molecule has 0 bridgehead atoms. The van der Waals surface area contributed by atoms with Crippen LogP contribution in [0.15, 0.2) is 78.7 Å². The Hall–Kier alpha value is -3.09. The van der Waals surface area contributed by atoms with E-state index in [4.69, 9.17) is 0 Å². The summed E-state index contributed by atoms with van der Waals surface area (Å²) in [5.74, 6) is 0. The third kappa shape index (κ3) is 5.72. The van der Waals surface area contributed by atoms with Crippen LogP contribution in [-0.4, -0.2) is 40.0 Å². The molecule has 5 nitrogen and oxygen atoms in total. The van der Waals surface area contributed by atoms with Gasteiger partial charge in [0.1, 0.15) is 0 Å². The van der Waals surface area contributed by atoms with Gasteiger partial charge >= 0.3 is 0 Å². The lowest BCUT2D eigenvalue weighted by atomic mass is 10.1. The largest absolute Gasteiger partial charge is 0.332 e. The Bertz CT molecular complexity index is 1030. The summed E-state index contributed by atoms with van der Waals surface area (Å²) < 4.78 is 0. The summed E-state index contributed by atoms with van der Waals surface area (Å²) in [6, 6.07) is 16.7. The van der Waals surface area contributed by atoms with Gasteiger partial charge in [0.2, 0.25) is 0 Å². The van der Waals surface area contributed by atoms with Crippen molar-refractivity contribution < 1.29 is 0 Å². The summed E-state index contributed by atoms with van der Waals surface area (Å²) in [7, 11) is 2.18. The molecule has 0 aliphatic carbocycles. The van der Waals surface area contributed by atoms with Gasteiger partial charge in [0.15, 0.2) is 5.13 Å². The van der Waals surface area contributed by atoms with Gasteiger partial charge in [-0.05, 0) is 61.3 Å². The Balaban J connectivity index is 1.25. The molecule has 0 spiro atoms. The first-order valence-corrected chi connectivity index (χ1v) is 10.9. The van der Waals surface area contributed by atoms with E-state index < -0.39 is 0 Å². The lowest BCUT2D eigenvalue weighted by molar-refractivity contribution is 0.343. The van der Waals surface area contributed by atoms with E-state index in [1.807, 2.05) is 36.8 Å². The number of anilines is 2. The molecule has 0 fully saturated rings. The Morgan fingerprint density at radius 1 is 0.867 bits per heavy atom. The van der Waals surface area contributed by atoms with E-state index in [1.165, 1.54) is 11.1 Å². The van der Waals surface area contributed by atoms with Crippen molar-refractivity contribution in [3.63, 3.8) is 0 Å².